The van der Waals surface area contributed by atoms with Crippen molar-refractivity contribution in [1.82, 2.24) is 0 Å². The fraction of sp³-hybridized carbons (Fsp3) is 0.176. The second-order valence-electron chi connectivity index (χ2n) is 23.4. The summed E-state index contributed by atoms with van der Waals surface area (Å²) in [6, 6.07) is 84.2. The molecule has 0 atom stereocenters. The van der Waals surface area contributed by atoms with Crippen molar-refractivity contribution in [3.63, 3.8) is 0 Å². The van der Waals surface area contributed by atoms with Crippen molar-refractivity contribution in [2.75, 3.05) is 9.80 Å². The van der Waals surface area contributed by atoms with Gasteiger partial charge in [-0.15, -0.1) is 0 Å². The van der Waals surface area contributed by atoms with Gasteiger partial charge in [-0.1, -0.05) is 39.0 Å². The molecule has 2 aliphatic rings. The zero-order valence-corrected chi connectivity index (χ0v) is 46.6. The Morgan fingerprint density at radius 2 is 0.849 bits per heavy atom. The van der Waals surface area contributed by atoms with E-state index in [1.165, 1.54) is 105 Å². The number of rotatable bonds is 7. The van der Waals surface area contributed by atoms with Gasteiger partial charge in [0, 0.05) is 0 Å². The van der Waals surface area contributed by atoms with Gasteiger partial charge in [0.15, 0.2) is 0 Å². The molecular formula is C68H63BGeN2S. The van der Waals surface area contributed by atoms with Crippen LogP contribution in [0.25, 0.3) is 21.2 Å². The van der Waals surface area contributed by atoms with Crippen molar-refractivity contribution in [3.8, 4) is 11.1 Å². The summed E-state index contributed by atoms with van der Waals surface area (Å²) in [5.41, 5.74) is 16.4. The van der Waals surface area contributed by atoms with E-state index in [4.69, 9.17) is 0 Å². The average Bonchev–Trinajstić information content (AvgIpc) is 3.79. The molecule has 12 rings (SSSR count). The fourth-order valence-corrected chi connectivity index (χ4v) is 23.1. The number of fused-ring (bicyclic) bond motifs is 6. The first kappa shape index (κ1) is 47.2. The van der Waals surface area contributed by atoms with Gasteiger partial charge in [-0.3, -0.25) is 0 Å². The summed E-state index contributed by atoms with van der Waals surface area (Å²) in [5, 5.41) is 1.29. The summed E-state index contributed by atoms with van der Waals surface area (Å²) in [5.74, 6) is 0. The Labute approximate surface area is 440 Å². The van der Waals surface area contributed by atoms with Crippen LogP contribution in [0.4, 0.5) is 34.1 Å². The van der Waals surface area contributed by atoms with Gasteiger partial charge in [0.2, 0.25) is 0 Å². The minimum absolute atomic E-state index is 0.0110. The molecule has 0 N–H and O–H groups in total. The molecular weight excluding hydrogens is 960 g/mol. The molecule has 0 spiro atoms. The number of hydrogen-bond acceptors (Lipinski definition) is 3. The Kier molecular flexibility index (Phi) is 11.4. The third kappa shape index (κ3) is 7.92. The van der Waals surface area contributed by atoms with Crippen LogP contribution in [-0.4, -0.2) is 20.0 Å². The summed E-state index contributed by atoms with van der Waals surface area (Å²) < 4.78 is 8.35. The van der Waals surface area contributed by atoms with Crippen LogP contribution in [0, 0.1) is 0 Å². The van der Waals surface area contributed by atoms with E-state index in [1.807, 2.05) is 11.3 Å². The second kappa shape index (κ2) is 17.7. The number of thiophene rings is 1. The predicted octanol–water partition coefficient (Wildman–Crippen LogP) is 13.9. The summed E-state index contributed by atoms with van der Waals surface area (Å²) >= 11 is -1.76. The molecule has 0 fully saturated rings. The topological polar surface area (TPSA) is 6.48 Å². The van der Waals surface area contributed by atoms with Gasteiger partial charge in [-0.25, -0.2) is 0 Å². The maximum atomic E-state index is 2.65. The summed E-state index contributed by atoms with van der Waals surface area (Å²) in [4.78, 5) is 5.29. The van der Waals surface area contributed by atoms with Crippen LogP contribution >= 0.6 is 11.3 Å². The Hall–Kier alpha value is -6.85. The summed E-state index contributed by atoms with van der Waals surface area (Å²) in [7, 11) is 0. The van der Waals surface area contributed by atoms with Crippen LogP contribution in [0.1, 0.15) is 79.0 Å². The molecule has 10 aromatic rings. The average molecular weight is 1020 g/mol. The van der Waals surface area contributed by atoms with Crippen LogP contribution in [0.15, 0.2) is 218 Å². The zero-order chi connectivity index (χ0) is 50.4. The van der Waals surface area contributed by atoms with Crippen molar-refractivity contribution in [2.24, 2.45) is 0 Å². The maximum absolute atomic E-state index is 3.73. The van der Waals surface area contributed by atoms with Gasteiger partial charge in [0.05, 0.1) is 0 Å². The van der Waals surface area contributed by atoms with Crippen molar-refractivity contribution < 1.29 is 0 Å². The van der Waals surface area contributed by atoms with Crippen LogP contribution in [0.5, 0.6) is 0 Å². The Balaban J connectivity index is 1.21. The molecule has 1 aromatic heterocycles. The van der Waals surface area contributed by atoms with Gasteiger partial charge in [-0.05, 0) is 5.41 Å². The van der Waals surface area contributed by atoms with Crippen LogP contribution in [0.3, 0.4) is 0 Å². The molecule has 0 saturated heterocycles. The number of hydrogen-bond donors (Lipinski definition) is 0. The van der Waals surface area contributed by atoms with E-state index in [1.54, 1.807) is 0 Å². The standard InChI is InChI=1S/C68H63BGeN2S/c1-66(2,3)48-31-36-55(37-32-48)71-59-45-54(70(51-24-16-11-17-25-51,52-26-18-12-19-27-52)53-28-20-13-21-29-53)35-40-58(59)69-63-60(71)43-50(68(7,8)9)44-61(63)72(56-38-33-49(34-39-56)67(4,5)6)64-57-42-47(46-22-14-10-15-23-46)30-41-62(57)73-65(64)69/h10-45H,1-9H3. The molecule has 0 radical (unpaired) electrons. The summed E-state index contributed by atoms with van der Waals surface area (Å²) in [6.45, 7) is 21.0. The first-order valence-corrected chi connectivity index (χ1v) is 31.0. The molecule has 73 heavy (non-hydrogen) atoms. The third-order valence-electron chi connectivity index (χ3n) is 15.7. The van der Waals surface area contributed by atoms with Crippen LogP contribution in [0.2, 0.25) is 0 Å². The van der Waals surface area contributed by atoms with Gasteiger partial charge in [0.1, 0.15) is 0 Å². The molecule has 0 saturated carbocycles. The minimum atomic E-state index is -3.73. The van der Waals surface area contributed by atoms with E-state index in [-0.39, 0.29) is 23.0 Å². The molecule has 5 heteroatoms. The number of anilines is 6. The van der Waals surface area contributed by atoms with E-state index < -0.39 is 13.3 Å². The summed E-state index contributed by atoms with van der Waals surface area (Å²) in [6.07, 6.45) is 0. The van der Waals surface area contributed by atoms with Crippen LogP contribution in [-0.2, 0) is 16.2 Å². The fourth-order valence-electron chi connectivity index (χ4n) is 11.8. The van der Waals surface area contributed by atoms with Crippen molar-refractivity contribution >= 4 is 109 Å². The Morgan fingerprint density at radius 3 is 1.34 bits per heavy atom. The van der Waals surface area contributed by atoms with Gasteiger partial charge in [-0.2, -0.15) is 0 Å². The molecule has 0 aliphatic carbocycles. The monoisotopic (exact) mass is 1020 g/mol. The van der Waals surface area contributed by atoms with Gasteiger partial charge >= 0.3 is 399 Å². The molecule has 358 valence electrons. The molecule has 9 aromatic carbocycles. The predicted molar refractivity (Wildman–Crippen MR) is 321 cm³/mol. The molecule has 2 nitrogen and oxygen atoms in total. The third-order valence-corrected chi connectivity index (χ3v) is 26.9. The molecule has 0 bridgehead atoms. The van der Waals surface area contributed by atoms with E-state index in [0.717, 1.165) is 0 Å². The van der Waals surface area contributed by atoms with E-state index in [9.17, 15) is 0 Å². The Morgan fingerprint density at radius 1 is 0.384 bits per heavy atom. The molecule has 2 aliphatic heterocycles. The molecule has 0 amide bonds. The van der Waals surface area contributed by atoms with Crippen molar-refractivity contribution in [3.05, 3.63) is 235 Å². The zero-order valence-electron chi connectivity index (χ0n) is 43.7. The SMILES string of the molecule is CC(C)(C)c1ccc(N2c3c[c]([Ge]([c]4ccccc4)([c]4ccccc4)[c]4ccccc4)ccc3B3c4sc5ccc(-c6ccccc6)cc5c4N(c4ccc(C(C)(C)C)cc4)c4cc(C(C)(C)C)cc2c43)cc1. The number of benzene rings is 9. The van der Waals surface area contributed by atoms with Crippen molar-refractivity contribution in [1.29, 1.82) is 0 Å². The van der Waals surface area contributed by atoms with E-state index in [2.05, 4.69) is 291 Å². The first-order valence-electron chi connectivity index (χ1n) is 26.0. The van der Waals surface area contributed by atoms with Gasteiger partial charge < -0.3 is 0 Å². The quantitative estimate of drug-likeness (QED) is 0.147. The van der Waals surface area contributed by atoms with E-state index in [0.29, 0.717) is 0 Å². The second-order valence-corrected chi connectivity index (χ2v) is 32.5. The Bertz CT molecular complexity index is 3560. The normalized spacial score (nSPS) is 13.5. The first-order chi connectivity index (χ1) is 35.1. The van der Waals surface area contributed by atoms with Crippen LogP contribution < -0.4 is 43.1 Å². The van der Waals surface area contributed by atoms with Gasteiger partial charge in [0.25, 0.3) is 0 Å². The molecule has 3 heterocycles. The number of nitrogens with zero attached hydrogens (tertiary/aromatic N) is 2. The van der Waals surface area contributed by atoms with Crippen molar-refractivity contribution in [2.45, 2.75) is 78.6 Å². The van der Waals surface area contributed by atoms with E-state index >= 15 is 0 Å². The molecule has 0 unspecified atom stereocenters.